The SMILES string of the molecule is CC(C)C(O)(c1ccc2c(Cl)c(C(N)=O)ccc2c1)c1cnc[nH]1. The number of carbonyl (C=O) groups is 1. The Bertz CT molecular complexity index is 906. The lowest BCUT2D eigenvalue weighted by atomic mass is 9.80. The number of nitrogens with two attached hydrogens (primary N) is 1. The van der Waals surface area contributed by atoms with Gasteiger partial charge in [0.2, 0.25) is 5.91 Å². The van der Waals surface area contributed by atoms with Crippen LogP contribution in [-0.2, 0) is 5.60 Å². The summed E-state index contributed by atoms with van der Waals surface area (Å²) >= 11 is 6.29. The highest BCUT2D eigenvalue weighted by atomic mass is 35.5. The standard InChI is InChI=1S/C18H18ClN3O2/c1-10(2)18(24,15-8-21-9-22-15)12-4-6-13-11(7-12)3-5-14(16(13)19)17(20)23/h3-10,24H,1-2H3,(H2,20,23)(H,21,22). The van der Waals surface area contributed by atoms with Crippen molar-refractivity contribution in [1.82, 2.24) is 9.97 Å². The molecule has 0 saturated carbocycles. The topological polar surface area (TPSA) is 92.0 Å². The Morgan fingerprint density at radius 2 is 2.08 bits per heavy atom. The van der Waals surface area contributed by atoms with Gasteiger partial charge >= 0.3 is 0 Å². The summed E-state index contributed by atoms with van der Waals surface area (Å²) in [6, 6.07) is 8.84. The molecule has 5 nitrogen and oxygen atoms in total. The maximum atomic E-state index is 11.4. The van der Waals surface area contributed by atoms with Crippen molar-refractivity contribution in [3.05, 3.63) is 64.7 Å². The van der Waals surface area contributed by atoms with Crippen molar-refractivity contribution in [3.63, 3.8) is 0 Å². The zero-order valence-electron chi connectivity index (χ0n) is 13.4. The first-order valence-electron chi connectivity index (χ1n) is 7.59. The average molecular weight is 344 g/mol. The maximum absolute atomic E-state index is 11.4. The number of hydrogen-bond acceptors (Lipinski definition) is 3. The number of aliphatic hydroxyl groups is 1. The van der Waals surface area contributed by atoms with Crippen LogP contribution in [0.2, 0.25) is 5.02 Å². The third kappa shape index (κ3) is 2.46. The smallest absolute Gasteiger partial charge is 0.250 e. The monoisotopic (exact) mass is 343 g/mol. The van der Waals surface area contributed by atoms with Gasteiger partial charge in [-0.25, -0.2) is 4.98 Å². The molecule has 1 unspecified atom stereocenters. The zero-order valence-corrected chi connectivity index (χ0v) is 14.1. The lowest BCUT2D eigenvalue weighted by Crippen LogP contribution is -2.33. The van der Waals surface area contributed by atoms with Crippen LogP contribution in [0.3, 0.4) is 0 Å². The predicted octanol–water partition coefficient (Wildman–Crippen LogP) is 3.21. The fraction of sp³-hybridized carbons (Fsp3) is 0.222. The van der Waals surface area contributed by atoms with E-state index in [-0.39, 0.29) is 11.5 Å². The van der Waals surface area contributed by atoms with Crippen LogP contribution in [0, 0.1) is 5.92 Å². The van der Waals surface area contributed by atoms with Gasteiger partial charge in [-0.2, -0.15) is 0 Å². The third-order valence-electron chi connectivity index (χ3n) is 4.40. The minimum atomic E-state index is -1.21. The molecule has 0 aliphatic carbocycles. The molecule has 1 heterocycles. The van der Waals surface area contributed by atoms with Crippen LogP contribution in [0.1, 0.15) is 35.5 Å². The van der Waals surface area contributed by atoms with E-state index in [0.717, 1.165) is 10.9 Å². The van der Waals surface area contributed by atoms with Crippen molar-refractivity contribution >= 4 is 28.3 Å². The first kappa shape index (κ1) is 16.5. The molecule has 0 bridgehead atoms. The molecule has 0 aliphatic rings. The van der Waals surface area contributed by atoms with Crippen molar-refractivity contribution < 1.29 is 9.90 Å². The van der Waals surface area contributed by atoms with E-state index >= 15 is 0 Å². The van der Waals surface area contributed by atoms with E-state index in [1.54, 1.807) is 36.8 Å². The van der Waals surface area contributed by atoms with Gasteiger partial charge in [0, 0.05) is 5.39 Å². The summed E-state index contributed by atoms with van der Waals surface area (Å²) < 4.78 is 0. The quantitative estimate of drug-likeness (QED) is 0.679. The van der Waals surface area contributed by atoms with Crippen LogP contribution in [0.25, 0.3) is 10.8 Å². The van der Waals surface area contributed by atoms with Crippen molar-refractivity contribution in [2.45, 2.75) is 19.4 Å². The first-order valence-corrected chi connectivity index (χ1v) is 7.97. The van der Waals surface area contributed by atoms with E-state index in [2.05, 4.69) is 9.97 Å². The van der Waals surface area contributed by atoms with Crippen LogP contribution < -0.4 is 5.73 Å². The van der Waals surface area contributed by atoms with Gasteiger partial charge in [-0.3, -0.25) is 4.79 Å². The fourth-order valence-corrected chi connectivity index (χ4v) is 3.31. The minimum Gasteiger partial charge on any atom is -0.379 e. The molecule has 3 aromatic rings. The molecule has 1 atom stereocenters. The Morgan fingerprint density at radius 1 is 1.33 bits per heavy atom. The van der Waals surface area contributed by atoms with E-state index < -0.39 is 11.5 Å². The van der Waals surface area contributed by atoms with Gasteiger partial charge in [-0.1, -0.05) is 43.6 Å². The Labute approximate surface area is 144 Å². The van der Waals surface area contributed by atoms with Gasteiger partial charge in [-0.15, -0.1) is 0 Å². The van der Waals surface area contributed by atoms with Crippen molar-refractivity contribution in [2.24, 2.45) is 11.7 Å². The van der Waals surface area contributed by atoms with Crippen molar-refractivity contribution in [1.29, 1.82) is 0 Å². The predicted molar refractivity (Wildman–Crippen MR) is 93.9 cm³/mol. The largest absolute Gasteiger partial charge is 0.379 e. The van der Waals surface area contributed by atoms with Crippen molar-refractivity contribution in [3.8, 4) is 0 Å². The number of halogens is 1. The molecule has 2 aromatic carbocycles. The minimum absolute atomic E-state index is 0.0873. The number of nitrogens with one attached hydrogen (secondary N) is 1. The van der Waals surface area contributed by atoms with Crippen LogP contribution in [0.4, 0.5) is 0 Å². The molecule has 1 amide bonds. The highest BCUT2D eigenvalue weighted by molar-refractivity contribution is 6.38. The van der Waals surface area contributed by atoms with Gasteiger partial charge in [0.1, 0.15) is 5.60 Å². The summed E-state index contributed by atoms with van der Waals surface area (Å²) in [6.45, 7) is 3.88. The van der Waals surface area contributed by atoms with Crippen LogP contribution >= 0.6 is 11.6 Å². The number of rotatable bonds is 4. The van der Waals surface area contributed by atoms with Gasteiger partial charge in [0.05, 0.1) is 28.8 Å². The number of amides is 1. The Balaban J connectivity index is 2.20. The van der Waals surface area contributed by atoms with E-state index in [4.69, 9.17) is 17.3 Å². The van der Waals surface area contributed by atoms with Crippen LogP contribution in [0.5, 0.6) is 0 Å². The summed E-state index contributed by atoms with van der Waals surface area (Å²) in [6.07, 6.45) is 3.16. The number of benzene rings is 2. The molecule has 3 rings (SSSR count). The highest BCUT2D eigenvalue weighted by Crippen LogP contribution is 2.38. The molecule has 124 valence electrons. The zero-order chi connectivity index (χ0) is 17.5. The number of H-pyrrole nitrogens is 1. The number of primary amides is 1. The summed E-state index contributed by atoms with van der Waals surface area (Å²) in [4.78, 5) is 18.4. The van der Waals surface area contributed by atoms with Gasteiger partial charge in [0.25, 0.3) is 0 Å². The summed E-state index contributed by atoms with van der Waals surface area (Å²) in [7, 11) is 0. The summed E-state index contributed by atoms with van der Waals surface area (Å²) in [5.74, 6) is -0.655. The number of aromatic amines is 1. The van der Waals surface area contributed by atoms with Gasteiger partial charge in [-0.05, 0) is 29.0 Å². The second-order valence-corrected chi connectivity index (χ2v) is 6.49. The number of nitrogens with zero attached hydrogens (tertiary/aromatic N) is 1. The molecular weight excluding hydrogens is 326 g/mol. The fourth-order valence-electron chi connectivity index (χ4n) is 2.98. The van der Waals surface area contributed by atoms with Gasteiger partial charge < -0.3 is 15.8 Å². The third-order valence-corrected chi connectivity index (χ3v) is 4.81. The second kappa shape index (κ2) is 5.92. The maximum Gasteiger partial charge on any atom is 0.250 e. The Morgan fingerprint density at radius 3 is 2.67 bits per heavy atom. The molecule has 0 spiro atoms. The first-order chi connectivity index (χ1) is 11.4. The Hall–Kier alpha value is -2.37. The van der Waals surface area contributed by atoms with E-state index in [1.165, 1.54) is 0 Å². The van der Waals surface area contributed by atoms with Crippen LogP contribution in [-0.4, -0.2) is 21.0 Å². The molecule has 0 aliphatic heterocycles. The normalized spacial score (nSPS) is 14.0. The lowest BCUT2D eigenvalue weighted by Gasteiger charge is -2.32. The number of fused-ring (bicyclic) bond motifs is 1. The van der Waals surface area contributed by atoms with E-state index in [0.29, 0.717) is 16.1 Å². The molecule has 0 fully saturated rings. The molecule has 0 saturated heterocycles. The van der Waals surface area contributed by atoms with E-state index in [9.17, 15) is 9.90 Å². The number of hydrogen-bond donors (Lipinski definition) is 3. The molecule has 24 heavy (non-hydrogen) atoms. The molecule has 0 radical (unpaired) electrons. The number of aromatic nitrogens is 2. The molecule has 4 N–H and O–H groups in total. The summed E-state index contributed by atoms with van der Waals surface area (Å²) in [5, 5.41) is 13.2. The summed E-state index contributed by atoms with van der Waals surface area (Å²) in [5.41, 5.74) is 5.75. The molecule has 1 aromatic heterocycles. The number of carbonyl (C=O) groups excluding carboxylic acids is 1. The highest BCUT2D eigenvalue weighted by Gasteiger charge is 2.36. The average Bonchev–Trinajstić information content (AvgIpc) is 3.08. The van der Waals surface area contributed by atoms with Crippen molar-refractivity contribution in [2.75, 3.05) is 0 Å². The Kier molecular flexibility index (Phi) is 4.07. The molecular formula is C18H18ClN3O2. The molecule has 6 heteroatoms. The number of imidazole rings is 1. The lowest BCUT2D eigenvalue weighted by molar-refractivity contribution is 0.0280. The van der Waals surface area contributed by atoms with Gasteiger partial charge in [0.15, 0.2) is 0 Å². The second-order valence-electron chi connectivity index (χ2n) is 6.11. The van der Waals surface area contributed by atoms with E-state index in [1.807, 2.05) is 19.9 Å². The van der Waals surface area contributed by atoms with Crippen LogP contribution in [0.15, 0.2) is 42.9 Å².